The zero-order valence-electron chi connectivity index (χ0n) is 10.3. The minimum absolute atomic E-state index is 0.0858. The Hall–Kier alpha value is -1.73. The van der Waals surface area contributed by atoms with Crippen molar-refractivity contribution in [3.05, 3.63) is 55.4 Å². The summed E-state index contributed by atoms with van der Waals surface area (Å²) in [5.74, 6) is -0.132. The summed E-state index contributed by atoms with van der Waals surface area (Å²) in [7, 11) is 0. The molecule has 2 aromatic rings. The van der Waals surface area contributed by atoms with Gasteiger partial charge >= 0.3 is 5.69 Å². The molecule has 0 aliphatic carbocycles. The maximum absolute atomic E-state index is 11.0. The molecule has 1 heterocycles. The molecule has 0 radical (unpaired) electrons. The van der Waals surface area contributed by atoms with Gasteiger partial charge in [-0.15, -0.1) is 0 Å². The van der Waals surface area contributed by atoms with Crippen molar-refractivity contribution in [2.75, 3.05) is 0 Å². The van der Waals surface area contributed by atoms with Gasteiger partial charge in [-0.1, -0.05) is 28.1 Å². The fourth-order valence-electron chi connectivity index (χ4n) is 1.60. The van der Waals surface area contributed by atoms with Crippen LogP contribution in [0.3, 0.4) is 0 Å². The van der Waals surface area contributed by atoms with Gasteiger partial charge in [0.2, 0.25) is 5.28 Å². The quantitative estimate of drug-likeness (QED) is 0.473. The van der Waals surface area contributed by atoms with E-state index in [9.17, 15) is 10.1 Å². The summed E-state index contributed by atoms with van der Waals surface area (Å²) in [5, 5.41) is 10.9. The zero-order chi connectivity index (χ0) is 14.7. The molecule has 1 aromatic heterocycles. The van der Waals surface area contributed by atoms with E-state index in [2.05, 4.69) is 25.9 Å². The first-order chi connectivity index (χ1) is 9.47. The number of hydrogen-bond acceptors (Lipinski definition) is 5. The number of aryl methyl sites for hydroxylation is 1. The van der Waals surface area contributed by atoms with E-state index in [1.807, 2.05) is 24.3 Å². The smallest absolute Gasteiger partial charge is 0.352 e. The molecule has 2 rings (SSSR count). The highest BCUT2D eigenvalue weighted by molar-refractivity contribution is 9.10. The lowest BCUT2D eigenvalue weighted by Crippen LogP contribution is -2.04. The number of halogens is 2. The van der Waals surface area contributed by atoms with Crippen LogP contribution >= 0.6 is 27.5 Å². The largest absolute Gasteiger partial charge is 0.468 e. The Morgan fingerprint density at radius 3 is 2.85 bits per heavy atom. The molecule has 0 aliphatic rings. The minimum atomic E-state index is -0.581. The van der Waals surface area contributed by atoms with Gasteiger partial charge in [-0.25, -0.2) is 4.98 Å². The maximum Gasteiger partial charge on any atom is 0.352 e. The number of nitrogens with zero attached hydrogens (tertiary/aromatic N) is 3. The molecule has 0 amide bonds. The molecule has 0 unspecified atom stereocenters. The molecule has 0 atom stereocenters. The van der Waals surface area contributed by atoms with E-state index in [1.54, 1.807) is 0 Å². The molecule has 0 bridgehead atoms. The SMILES string of the molecule is Cc1nc(Cl)nc(OCc2cccc(Br)c2)c1[N+](=O)[O-]. The summed E-state index contributed by atoms with van der Waals surface area (Å²) in [6.45, 7) is 1.63. The number of rotatable bonds is 4. The molecular formula is C12H9BrClN3O3. The van der Waals surface area contributed by atoms with Crippen molar-refractivity contribution in [2.24, 2.45) is 0 Å². The van der Waals surface area contributed by atoms with Gasteiger partial charge in [-0.05, 0) is 36.2 Å². The van der Waals surface area contributed by atoms with Crippen molar-refractivity contribution in [3.8, 4) is 5.88 Å². The van der Waals surface area contributed by atoms with Gasteiger partial charge in [0.05, 0.1) is 4.92 Å². The number of nitro groups is 1. The predicted octanol–water partition coefficient (Wildman–Crippen LogP) is 3.69. The van der Waals surface area contributed by atoms with Crippen molar-refractivity contribution < 1.29 is 9.66 Å². The second-order valence-electron chi connectivity index (χ2n) is 3.91. The van der Waals surface area contributed by atoms with Gasteiger partial charge in [-0.2, -0.15) is 4.98 Å². The van der Waals surface area contributed by atoms with Gasteiger partial charge in [0.15, 0.2) is 0 Å². The van der Waals surface area contributed by atoms with E-state index in [-0.39, 0.29) is 29.2 Å². The fourth-order valence-corrected chi connectivity index (χ4v) is 2.25. The van der Waals surface area contributed by atoms with Gasteiger partial charge in [0.25, 0.3) is 5.88 Å². The molecule has 0 N–H and O–H groups in total. The Kier molecular flexibility index (Phi) is 4.51. The Bertz CT molecular complexity index is 666. The van der Waals surface area contributed by atoms with Crippen molar-refractivity contribution in [3.63, 3.8) is 0 Å². The van der Waals surface area contributed by atoms with Crippen molar-refractivity contribution in [1.82, 2.24) is 9.97 Å². The van der Waals surface area contributed by atoms with E-state index in [1.165, 1.54) is 6.92 Å². The third kappa shape index (κ3) is 3.43. The molecule has 0 saturated carbocycles. The average molecular weight is 359 g/mol. The van der Waals surface area contributed by atoms with Crippen molar-refractivity contribution in [2.45, 2.75) is 13.5 Å². The molecule has 0 aliphatic heterocycles. The van der Waals surface area contributed by atoms with Crippen LogP contribution in [0.25, 0.3) is 0 Å². The Morgan fingerprint density at radius 1 is 1.45 bits per heavy atom. The molecule has 6 nitrogen and oxygen atoms in total. The molecule has 0 fully saturated rings. The average Bonchev–Trinajstić information content (AvgIpc) is 2.35. The molecule has 0 spiro atoms. The van der Waals surface area contributed by atoms with Crippen molar-refractivity contribution in [1.29, 1.82) is 0 Å². The Labute approximate surface area is 128 Å². The van der Waals surface area contributed by atoms with E-state index < -0.39 is 4.92 Å². The summed E-state index contributed by atoms with van der Waals surface area (Å²) in [6, 6.07) is 7.40. The molecule has 104 valence electrons. The van der Waals surface area contributed by atoms with Gasteiger partial charge < -0.3 is 4.74 Å². The number of ether oxygens (including phenoxy) is 1. The van der Waals surface area contributed by atoms with E-state index in [0.29, 0.717) is 0 Å². The normalized spacial score (nSPS) is 10.3. The van der Waals surface area contributed by atoms with Crippen LogP contribution in [0, 0.1) is 17.0 Å². The van der Waals surface area contributed by atoms with Gasteiger partial charge in [0.1, 0.15) is 12.3 Å². The highest BCUT2D eigenvalue weighted by Crippen LogP contribution is 2.29. The maximum atomic E-state index is 11.0. The zero-order valence-corrected chi connectivity index (χ0v) is 12.7. The van der Waals surface area contributed by atoms with Crippen molar-refractivity contribution >= 4 is 33.2 Å². The molecule has 20 heavy (non-hydrogen) atoms. The van der Waals surface area contributed by atoms with Crippen LogP contribution in [-0.4, -0.2) is 14.9 Å². The molecular weight excluding hydrogens is 350 g/mol. The predicted molar refractivity (Wildman–Crippen MR) is 76.9 cm³/mol. The van der Waals surface area contributed by atoms with Crippen LogP contribution in [0.4, 0.5) is 5.69 Å². The lowest BCUT2D eigenvalue weighted by atomic mass is 10.2. The summed E-state index contributed by atoms with van der Waals surface area (Å²) in [5.41, 5.74) is 0.740. The highest BCUT2D eigenvalue weighted by atomic mass is 79.9. The van der Waals surface area contributed by atoms with Crippen LogP contribution in [0.5, 0.6) is 5.88 Å². The first-order valence-corrected chi connectivity index (χ1v) is 6.70. The number of hydrogen-bond donors (Lipinski definition) is 0. The third-order valence-corrected chi connectivity index (χ3v) is 3.11. The van der Waals surface area contributed by atoms with Gasteiger partial charge in [0, 0.05) is 4.47 Å². The van der Waals surface area contributed by atoms with Crippen LogP contribution in [0.15, 0.2) is 28.7 Å². The standard InChI is InChI=1S/C12H9BrClN3O3/c1-7-10(17(18)19)11(16-12(14)15-7)20-6-8-3-2-4-9(13)5-8/h2-5H,6H2,1H3. The highest BCUT2D eigenvalue weighted by Gasteiger charge is 2.23. The van der Waals surface area contributed by atoms with E-state index in [0.717, 1.165) is 10.0 Å². The third-order valence-electron chi connectivity index (χ3n) is 2.45. The first kappa shape index (κ1) is 14.7. The Morgan fingerprint density at radius 2 is 2.20 bits per heavy atom. The topological polar surface area (TPSA) is 78.2 Å². The fraction of sp³-hybridized carbons (Fsp3) is 0.167. The van der Waals surface area contributed by atoms with Crippen LogP contribution in [0.2, 0.25) is 5.28 Å². The molecule has 8 heteroatoms. The Balaban J connectivity index is 2.27. The first-order valence-electron chi connectivity index (χ1n) is 5.53. The summed E-state index contributed by atoms with van der Waals surface area (Å²) in [4.78, 5) is 18.0. The number of benzene rings is 1. The van der Waals surface area contributed by atoms with Crippen LogP contribution in [-0.2, 0) is 6.61 Å². The second-order valence-corrected chi connectivity index (χ2v) is 5.16. The van der Waals surface area contributed by atoms with E-state index >= 15 is 0 Å². The minimum Gasteiger partial charge on any atom is -0.468 e. The van der Waals surface area contributed by atoms with Crippen LogP contribution in [0.1, 0.15) is 11.3 Å². The summed E-state index contributed by atoms with van der Waals surface area (Å²) < 4.78 is 6.30. The lowest BCUT2D eigenvalue weighted by molar-refractivity contribution is -0.387. The molecule has 1 aromatic carbocycles. The van der Waals surface area contributed by atoms with Gasteiger partial charge in [-0.3, -0.25) is 10.1 Å². The summed E-state index contributed by atoms with van der Waals surface area (Å²) >= 11 is 9.04. The lowest BCUT2D eigenvalue weighted by Gasteiger charge is -2.07. The monoisotopic (exact) mass is 357 g/mol. The second kappa shape index (κ2) is 6.15. The summed E-state index contributed by atoms with van der Waals surface area (Å²) in [6.07, 6.45) is 0. The van der Waals surface area contributed by atoms with E-state index in [4.69, 9.17) is 16.3 Å². The van der Waals surface area contributed by atoms with Crippen LogP contribution < -0.4 is 4.74 Å². The number of aromatic nitrogens is 2. The molecule has 0 saturated heterocycles.